The second-order valence-corrected chi connectivity index (χ2v) is 9.04. The predicted octanol–water partition coefficient (Wildman–Crippen LogP) is 2.86. The Kier molecular flexibility index (Phi) is 7.58. The van der Waals surface area contributed by atoms with E-state index < -0.39 is 24.6 Å². The van der Waals surface area contributed by atoms with E-state index in [2.05, 4.69) is 37.7 Å². The lowest BCUT2D eigenvalue weighted by Gasteiger charge is -2.21. The van der Waals surface area contributed by atoms with Gasteiger partial charge in [-0.3, -0.25) is 14.7 Å². The number of hydrogen-bond acceptors (Lipinski definition) is 8. The van der Waals surface area contributed by atoms with Crippen molar-refractivity contribution in [3.8, 4) is 0 Å². The molecular weight excluding hydrogens is 480 g/mol. The van der Waals surface area contributed by atoms with Crippen molar-refractivity contribution in [3.05, 3.63) is 48.5 Å². The highest BCUT2D eigenvalue weighted by Crippen LogP contribution is 2.42. The number of carboxylic acids is 1. The van der Waals surface area contributed by atoms with Gasteiger partial charge >= 0.3 is 12.0 Å². The Labute approximate surface area is 213 Å². The molecule has 2 saturated heterocycles. The summed E-state index contributed by atoms with van der Waals surface area (Å²) >= 11 is 0. The Hall–Kier alpha value is -3.61. The molecule has 5 atom stereocenters. The van der Waals surface area contributed by atoms with E-state index in [-0.39, 0.29) is 30.5 Å². The molecule has 12 nitrogen and oxygen atoms in total. The third-order valence-corrected chi connectivity index (χ3v) is 6.50. The molecule has 5 rings (SSSR count). The lowest BCUT2D eigenvalue weighted by Crippen LogP contribution is -2.29. The second kappa shape index (κ2) is 11.2. The van der Waals surface area contributed by atoms with Gasteiger partial charge in [-0.2, -0.15) is 0 Å². The number of anilines is 1. The van der Waals surface area contributed by atoms with Crippen molar-refractivity contribution >= 4 is 29.0 Å². The summed E-state index contributed by atoms with van der Waals surface area (Å²) in [4.78, 5) is 36.1. The number of aromatic nitrogens is 4. The maximum Gasteiger partial charge on any atom is 0.320 e. The van der Waals surface area contributed by atoms with Crippen molar-refractivity contribution in [2.45, 2.75) is 69.9 Å². The molecule has 1 aromatic carbocycles. The van der Waals surface area contributed by atoms with E-state index in [0.717, 1.165) is 6.42 Å². The number of amides is 2. The molecule has 2 aliphatic heterocycles. The molecule has 0 spiro atoms. The number of carbonyl (C=O) groups excluding carboxylic acids is 1. The van der Waals surface area contributed by atoms with Gasteiger partial charge in [-0.1, -0.05) is 30.3 Å². The average Bonchev–Trinajstić information content (AvgIpc) is 3.58. The van der Waals surface area contributed by atoms with Gasteiger partial charge in [0.1, 0.15) is 18.5 Å². The largest absolute Gasteiger partial charge is 0.481 e. The number of fused-ring (bicyclic) bond motifs is 2. The van der Waals surface area contributed by atoms with Gasteiger partial charge in [-0.15, -0.1) is 0 Å². The number of nitrogens with one attached hydrogen (secondary N) is 2. The van der Waals surface area contributed by atoms with Crippen LogP contribution >= 0.6 is 0 Å². The van der Waals surface area contributed by atoms with Crippen molar-refractivity contribution in [3.63, 3.8) is 0 Å². The smallest absolute Gasteiger partial charge is 0.320 e. The highest BCUT2D eigenvalue weighted by Gasteiger charge is 2.53. The third-order valence-electron chi connectivity index (χ3n) is 6.50. The lowest BCUT2D eigenvalue weighted by molar-refractivity contribution is -0.148. The predicted molar refractivity (Wildman–Crippen MR) is 132 cm³/mol. The highest BCUT2D eigenvalue weighted by molar-refractivity contribution is 5.95. The van der Waals surface area contributed by atoms with Crippen LogP contribution < -0.4 is 10.6 Å². The van der Waals surface area contributed by atoms with E-state index in [1.165, 1.54) is 11.9 Å². The molecule has 2 aliphatic rings. The van der Waals surface area contributed by atoms with Crippen LogP contribution in [0.25, 0.3) is 11.2 Å². The van der Waals surface area contributed by atoms with E-state index in [4.69, 9.17) is 19.3 Å². The summed E-state index contributed by atoms with van der Waals surface area (Å²) in [5.41, 5.74) is 2.10. The molecule has 3 aromatic rings. The number of aryl methyl sites for hydroxylation is 1. The minimum atomic E-state index is -0.847. The quantitative estimate of drug-likeness (QED) is 0.374. The lowest BCUT2D eigenvalue weighted by atomic mass is 10.0. The molecule has 0 bridgehead atoms. The van der Waals surface area contributed by atoms with Crippen LogP contribution in [0.15, 0.2) is 43.0 Å². The molecule has 196 valence electrons. The van der Waals surface area contributed by atoms with Crippen molar-refractivity contribution in [2.24, 2.45) is 0 Å². The van der Waals surface area contributed by atoms with E-state index in [0.29, 0.717) is 37.0 Å². The summed E-state index contributed by atoms with van der Waals surface area (Å²) in [6.07, 6.45) is 3.33. The zero-order valence-electron chi connectivity index (χ0n) is 20.4. The Morgan fingerprint density at radius 1 is 1.05 bits per heavy atom. The fourth-order valence-corrected chi connectivity index (χ4v) is 4.82. The molecule has 4 heterocycles. The number of imidazole rings is 1. The van der Waals surface area contributed by atoms with E-state index >= 15 is 0 Å². The van der Waals surface area contributed by atoms with Gasteiger partial charge in [0.15, 0.2) is 29.5 Å². The van der Waals surface area contributed by atoms with Crippen LogP contribution in [-0.2, 0) is 25.4 Å². The minimum absolute atomic E-state index is 0.0519. The molecule has 0 saturated carbocycles. The summed E-state index contributed by atoms with van der Waals surface area (Å²) in [5, 5.41) is 14.4. The molecule has 2 fully saturated rings. The SMILES string of the molecule is CCNC(=O)Nc1ncnc2c1ncn2C1OC(CCCC(=O)O)C2O[C@H](CCc3ccccc3)OC21. The fourth-order valence-electron chi connectivity index (χ4n) is 4.82. The monoisotopic (exact) mass is 510 g/mol. The first-order chi connectivity index (χ1) is 18.0. The molecule has 3 N–H and O–H groups in total. The number of hydrogen-bond donors (Lipinski definition) is 3. The van der Waals surface area contributed by atoms with Gasteiger partial charge in [0.2, 0.25) is 0 Å². The Balaban J connectivity index is 1.36. The van der Waals surface area contributed by atoms with Crippen molar-refractivity contribution in [1.82, 2.24) is 24.8 Å². The minimum Gasteiger partial charge on any atom is -0.481 e. The highest BCUT2D eigenvalue weighted by atomic mass is 16.8. The molecule has 0 radical (unpaired) electrons. The number of carboxylic acid groups (broad SMARTS) is 1. The number of nitrogens with zero attached hydrogens (tertiary/aromatic N) is 4. The fraction of sp³-hybridized carbons (Fsp3) is 0.480. The second-order valence-electron chi connectivity index (χ2n) is 9.04. The zero-order valence-corrected chi connectivity index (χ0v) is 20.4. The molecule has 37 heavy (non-hydrogen) atoms. The maximum absolute atomic E-state index is 12.0. The van der Waals surface area contributed by atoms with Crippen LogP contribution in [0.1, 0.15) is 44.4 Å². The first-order valence-electron chi connectivity index (χ1n) is 12.5. The Morgan fingerprint density at radius 3 is 2.65 bits per heavy atom. The maximum atomic E-state index is 12.0. The Morgan fingerprint density at radius 2 is 1.86 bits per heavy atom. The first-order valence-corrected chi connectivity index (χ1v) is 12.5. The van der Waals surface area contributed by atoms with Crippen LogP contribution in [0, 0.1) is 0 Å². The summed E-state index contributed by atoms with van der Waals surface area (Å²) < 4.78 is 20.8. The van der Waals surface area contributed by atoms with E-state index in [1.54, 1.807) is 10.9 Å². The number of benzene rings is 1. The van der Waals surface area contributed by atoms with Crippen LogP contribution in [0.5, 0.6) is 0 Å². The van der Waals surface area contributed by atoms with Gasteiger partial charge in [-0.05, 0) is 31.7 Å². The number of rotatable bonds is 10. The van der Waals surface area contributed by atoms with Gasteiger partial charge in [0.25, 0.3) is 0 Å². The zero-order chi connectivity index (χ0) is 25.8. The third kappa shape index (κ3) is 5.55. The number of urea groups is 1. The van der Waals surface area contributed by atoms with Crippen molar-refractivity contribution < 1.29 is 28.9 Å². The summed E-state index contributed by atoms with van der Waals surface area (Å²) in [7, 11) is 0. The summed E-state index contributed by atoms with van der Waals surface area (Å²) in [6, 6.07) is 9.74. The molecule has 2 aromatic heterocycles. The summed E-state index contributed by atoms with van der Waals surface area (Å²) in [5.74, 6) is -0.563. The molecule has 4 unspecified atom stereocenters. The summed E-state index contributed by atoms with van der Waals surface area (Å²) in [6.45, 7) is 2.29. The van der Waals surface area contributed by atoms with Gasteiger partial charge in [-0.25, -0.2) is 19.7 Å². The van der Waals surface area contributed by atoms with Gasteiger partial charge in [0.05, 0.1) is 12.4 Å². The first kappa shape index (κ1) is 25.1. The molecule has 0 aliphatic carbocycles. The van der Waals surface area contributed by atoms with Crippen molar-refractivity contribution in [2.75, 3.05) is 11.9 Å². The van der Waals surface area contributed by atoms with Gasteiger partial charge in [0, 0.05) is 19.4 Å². The number of aliphatic carboxylic acids is 1. The number of ether oxygens (including phenoxy) is 3. The Bertz CT molecular complexity index is 1240. The van der Waals surface area contributed by atoms with Gasteiger partial charge < -0.3 is 24.6 Å². The van der Waals surface area contributed by atoms with Crippen LogP contribution in [0.3, 0.4) is 0 Å². The average molecular weight is 511 g/mol. The molecular formula is C25H30N6O6. The van der Waals surface area contributed by atoms with Crippen LogP contribution in [-0.4, -0.2) is 67.8 Å². The molecule has 2 amide bonds. The van der Waals surface area contributed by atoms with Crippen LogP contribution in [0.2, 0.25) is 0 Å². The number of carbonyl (C=O) groups is 2. The van der Waals surface area contributed by atoms with E-state index in [9.17, 15) is 9.59 Å². The standard InChI is InChI=1S/C25H30N6O6/c1-2-26-25(34)30-22-19-23(28-13-27-22)31(14-29-19)24-21-20(16(35-24)9-6-10-17(32)33)36-18(37-21)12-11-15-7-4-3-5-8-15/h3-5,7-8,13-14,16,18,20-21,24H,2,6,9-12H2,1H3,(H,32,33)(H2,26,27,28,30,34)/t16?,18-,20?,21?,24?/m0/s1. The topological polar surface area (TPSA) is 150 Å². The van der Waals surface area contributed by atoms with Crippen LogP contribution in [0.4, 0.5) is 10.6 Å². The van der Waals surface area contributed by atoms with Crippen molar-refractivity contribution in [1.29, 1.82) is 0 Å². The normalized spacial score (nSPS) is 24.7. The van der Waals surface area contributed by atoms with E-state index in [1.807, 2.05) is 25.1 Å². The molecule has 12 heteroatoms.